The Morgan fingerprint density at radius 3 is 1.80 bits per heavy atom. The molecule has 0 spiro atoms. The number of aryl methyl sites for hydroxylation is 2. The molecule has 1 heterocycles. The Kier molecular flexibility index (Phi) is 6.98. The van der Waals surface area contributed by atoms with Gasteiger partial charge < -0.3 is 4.90 Å². The molecular formula is C25H27N3O5S2. The van der Waals surface area contributed by atoms with E-state index in [1.807, 2.05) is 13.8 Å². The van der Waals surface area contributed by atoms with Crippen molar-refractivity contribution < 1.29 is 21.6 Å². The van der Waals surface area contributed by atoms with Gasteiger partial charge >= 0.3 is 0 Å². The van der Waals surface area contributed by atoms with Crippen LogP contribution in [0.25, 0.3) is 0 Å². The van der Waals surface area contributed by atoms with Gasteiger partial charge in [-0.05, 0) is 50.2 Å². The zero-order valence-electron chi connectivity index (χ0n) is 19.5. The van der Waals surface area contributed by atoms with Crippen molar-refractivity contribution in [2.45, 2.75) is 23.6 Å². The third kappa shape index (κ3) is 5.39. The van der Waals surface area contributed by atoms with Crippen LogP contribution in [-0.2, 0) is 20.0 Å². The molecular weight excluding hydrogens is 486 g/mol. The first kappa shape index (κ1) is 24.9. The summed E-state index contributed by atoms with van der Waals surface area (Å²) in [4.78, 5) is 15.1. The third-order valence-corrected chi connectivity index (χ3v) is 9.21. The number of sulfonamides is 2. The second-order valence-corrected chi connectivity index (χ2v) is 12.1. The molecule has 0 aliphatic carbocycles. The third-order valence-electron chi connectivity index (χ3n) is 5.92. The number of carbonyl (C=O) groups is 1. The molecule has 1 N–H and O–H groups in total. The monoisotopic (exact) mass is 513 g/mol. The summed E-state index contributed by atoms with van der Waals surface area (Å²) in [5.41, 5.74) is 2.28. The molecule has 3 aromatic rings. The van der Waals surface area contributed by atoms with E-state index in [1.165, 1.54) is 22.5 Å². The van der Waals surface area contributed by atoms with Gasteiger partial charge in [0.2, 0.25) is 10.0 Å². The van der Waals surface area contributed by atoms with Crippen LogP contribution in [-0.4, -0.2) is 58.1 Å². The number of hydrogen-bond donors (Lipinski definition) is 1. The fourth-order valence-electron chi connectivity index (χ4n) is 3.84. The smallest absolute Gasteiger partial charge is 0.261 e. The number of anilines is 1. The van der Waals surface area contributed by atoms with Crippen molar-refractivity contribution in [2.24, 2.45) is 0 Å². The van der Waals surface area contributed by atoms with Crippen LogP contribution in [0.4, 0.5) is 5.69 Å². The van der Waals surface area contributed by atoms with Gasteiger partial charge in [-0.1, -0.05) is 47.5 Å². The number of amides is 1. The van der Waals surface area contributed by atoms with Gasteiger partial charge in [0.25, 0.3) is 15.9 Å². The average Bonchev–Trinajstić information content (AvgIpc) is 2.84. The molecule has 0 aromatic heterocycles. The second kappa shape index (κ2) is 9.80. The van der Waals surface area contributed by atoms with Gasteiger partial charge in [0, 0.05) is 26.2 Å². The molecule has 1 aliphatic heterocycles. The number of hydrogen-bond acceptors (Lipinski definition) is 5. The summed E-state index contributed by atoms with van der Waals surface area (Å²) in [5.74, 6) is -0.361. The Labute approximate surface area is 206 Å². The number of rotatable bonds is 6. The first-order chi connectivity index (χ1) is 16.6. The first-order valence-corrected chi connectivity index (χ1v) is 14.0. The molecule has 1 amide bonds. The minimum absolute atomic E-state index is 0.0975. The molecule has 0 unspecified atom stereocenters. The molecule has 0 radical (unpaired) electrons. The van der Waals surface area contributed by atoms with Crippen molar-refractivity contribution in [1.29, 1.82) is 0 Å². The fraction of sp³-hybridized carbons (Fsp3) is 0.240. The van der Waals surface area contributed by atoms with Gasteiger partial charge in [-0.2, -0.15) is 4.31 Å². The van der Waals surface area contributed by atoms with Gasteiger partial charge in [0.15, 0.2) is 0 Å². The quantitative estimate of drug-likeness (QED) is 0.545. The van der Waals surface area contributed by atoms with Crippen LogP contribution in [0, 0.1) is 13.8 Å². The Morgan fingerprint density at radius 1 is 0.714 bits per heavy atom. The highest BCUT2D eigenvalue weighted by Gasteiger charge is 2.31. The van der Waals surface area contributed by atoms with Crippen molar-refractivity contribution in [1.82, 2.24) is 9.21 Å². The molecule has 1 saturated heterocycles. The van der Waals surface area contributed by atoms with Crippen molar-refractivity contribution in [3.63, 3.8) is 0 Å². The lowest BCUT2D eigenvalue weighted by Crippen LogP contribution is -2.50. The standard InChI is InChI=1S/C25H27N3O5S2/c1-19-7-11-21(12-8-19)34(30,31)26-24-6-4-3-5-23(24)25(29)27-15-17-28(18-16-27)35(32,33)22-13-9-20(2)10-14-22/h3-14,26H,15-18H2,1-2H3. The lowest BCUT2D eigenvalue weighted by Gasteiger charge is -2.34. The maximum Gasteiger partial charge on any atom is 0.261 e. The largest absolute Gasteiger partial charge is 0.336 e. The van der Waals surface area contributed by atoms with E-state index in [9.17, 15) is 21.6 Å². The van der Waals surface area contributed by atoms with Gasteiger partial charge in [-0.15, -0.1) is 0 Å². The van der Waals surface area contributed by atoms with E-state index in [1.54, 1.807) is 59.5 Å². The second-order valence-electron chi connectivity index (χ2n) is 8.47. The molecule has 0 atom stereocenters. The zero-order valence-corrected chi connectivity index (χ0v) is 21.1. The molecule has 184 valence electrons. The van der Waals surface area contributed by atoms with Crippen LogP contribution >= 0.6 is 0 Å². The number of benzene rings is 3. The van der Waals surface area contributed by atoms with Crippen molar-refractivity contribution >= 4 is 31.6 Å². The van der Waals surface area contributed by atoms with Gasteiger partial charge in [0.1, 0.15) is 0 Å². The molecule has 0 bridgehead atoms. The summed E-state index contributed by atoms with van der Waals surface area (Å²) in [6.45, 7) is 4.45. The predicted octanol–water partition coefficient (Wildman–Crippen LogP) is 3.25. The Hall–Kier alpha value is -3.21. The zero-order chi connectivity index (χ0) is 25.2. The number of para-hydroxylation sites is 1. The Bertz CT molecular complexity index is 1430. The van der Waals surface area contributed by atoms with Crippen molar-refractivity contribution in [3.05, 3.63) is 89.5 Å². The summed E-state index contributed by atoms with van der Waals surface area (Å²) in [7, 11) is -7.54. The number of carbonyl (C=O) groups excluding carboxylic acids is 1. The van der Waals surface area contributed by atoms with Crippen LogP contribution in [0.2, 0.25) is 0 Å². The average molecular weight is 514 g/mol. The Balaban J connectivity index is 1.48. The number of piperazine rings is 1. The molecule has 8 nitrogen and oxygen atoms in total. The summed E-state index contributed by atoms with van der Waals surface area (Å²) in [6.07, 6.45) is 0. The van der Waals surface area contributed by atoms with E-state index in [0.29, 0.717) is 0 Å². The van der Waals surface area contributed by atoms with Gasteiger partial charge in [-0.25, -0.2) is 16.8 Å². The highest BCUT2D eigenvalue weighted by Crippen LogP contribution is 2.24. The van der Waals surface area contributed by atoms with E-state index >= 15 is 0 Å². The molecule has 3 aromatic carbocycles. The van der Waals surface area contributed by atoms with Crippen LogP contribution in [0.3, 0.4) is 0 Å². The first-order valence-electron chi connectivity index (χ1n) is 11.1. The van der Waals surface area contributed by atoms with Crippen LogP contribution in [0.1, 0.15) is 21.5 Å². The van der Waals surface area contributed by atoms with Crippen LogP contribution in [0.5, 0.6) is 0 Å². The van der Waals surface area contributed by atoms with E-state index < -0.39 is 20.0 Å². The minimum Gasteiger partial charge on any atom is -0.336 e. The summed E-state index contributed by atoms with van der Waals surface area (Å²) in [6, 6.07) is 19.5. The highest BCUT2D eigenvalue weighted by atomic mass is 32.2. The lowest BCUT2D eigenvalue weighted by molar-refractivity contribution is 0.0699. The molecule has 1 aliphatic rings. The SMILES string of the molecule is Cc1ccc(S(=O)(=O)Nc2ccccc2C(=O)N2CCN(S(=O)(=O)c3ccc(C)cc3)CC2)cc1. The molecule has 0 saturated carbocycles. The van der Waals surface area contributed by atoms with E-state index in [-0.39, 0.29) is 53.1 Å². The summed E-state index contributed by atoms with van der Waals surface area (Å²) in [5, 5.41) is 0. The topological polar surface area (TPSA) is 104 Å². The maximum absolute atomic E-state index is 13.3. The van der Waals surface area contributed by atoms with E-state index in [2.05, 4.69) is 4.72 Å². The summed E-state index contributed by atoms with van der Waals surface area (Å²) >= 11 is 0. The Morgan fingerprint density at radius 2 is 1.23 bits per heavy atom. The van der Waals surface area contributed by atoms with Gasteiger partial charge in [-0.3, -0.25) is 9.52 Å². The van der Waals surface area contributed by atoms with Gasteiger partial charge in [0.05, 0.1) is 21.0 Å². The highest BCUT2D eigenvalue weighted by molar-refractivity contribution is 7.92. The lowest BCUT2D eigenvalue weighted by atomic mass is 10.1. The molecule has 1 fully saturated rings. The van der Waals surface area contributed by atoms with Crippen LogP contribution in [0.15, 0.2) is 82.6 Å². The minimum atomic E-state index is -3.89. The normalized spacial score (nSPS) is 15.1. The number of nitrogens with one attached hydrogen (secondary N) is 1. The van der Waals surface area contributed by atoms with Crippen LogP contribution < -0.4 is 4.72 Å². The summed E-state index contributed by atoms with van der Waals surface area (Å²) < 4.78 is 55.5. The maximum atomic E-state index is 13.3. The fourth-order valence-corrected chi connectivity index (χ4v) is 6.34. The molecule has 35 heavy (non-hydrogen) atoms. The van der Waals surface area contributed by atoms with Crippen molar-refractivity contribution in [2.75, 3.05) is 30.9 Å². The van der Waals surface area contributed by atoms with E-state index in [4.69, 9.17) is 0 Å². The predicted molar refractivity (Wildman–Crippen MR) is 134 cm³/mol. The number of nitrogens with zero attached hydrogens (tertiary/aromatic N) is 2. The van der Waals surface area contributed by atoms with Crippen molar-refractivity contribution in [3.8, 4) is 0 Å². The van der Waals surface area contributed by atoms with E-state index in [0.717, 1.165) is 11.1 Å². The molecule has 10 heteroatoms. The molecule has 4 rings (SSSR count).